The topological polar surface area (TPSA) is 91.8 Å². The van der Waals surface area contributed by atoms with Crippen LogP contribution in [0.15, 0.2) is 35.1 Å². The van der Waals surface area contributed by atoms with Gasteiger partial charge in [-0.3, -0.25) is 0 Å². The van der Waals surface area contributed by atoms with Gasteiger partial charge in [0.15, 0.2) is 0 Å². The molecule has 0 N–H and O–H groups in total. The minimum Gasteiger partial charge on any atom is -0.490 e. The Morgan fingerprint density at radius 3 is 2.91 bits per heavy atom. The minimum absolute atomic E-state index is 0.231. The number of hydrogen-bond acceptors (Lipinski definition) is 7. The molecule has 8 heteroatoms. The molecule has 8 nitrogen and oxygen atoms in total. The van der Waals surface area contributed by atoms with Gasteiger partial charge < -0.3 is 9.26 Å². The second-order valence-corrected chi connectivity index (χ2v) is 5.59. The maximum absolute atomic E-state index is 6.02. The van der Waals surface area contributed by atoms with E-state index in [-0.39, 0.29) is 6.04 Å². The normalized spacial score (nSPS) is 16.0. The highest BCUT2D eigenvalue weighted by Crippen LogP contribution is 2.32. The summed E-state index contributed by atoms with van der Waals surface area (Å²) in [4.78, 5) is 4.47. The van der Waals surface area contributed by atoms with Crippen molar-refractivity contribution in [3.05, 3.63) is 36.5 Å². The second-order valence-electron chi connectivity index (χ2n) is 5.59. The molecule has 2 aromatic heterocycles. The molecule has 0 unspecified atom stereocenters. The monoisotopic (exact) mass is 312 g/mol. The van der Waals surface area contributed by atoms with Gasteiger partial charge in [-0.15, -0.1) is 5.10 Å². The molecule has 118 valence electrons. The molecule has 1 atom stereocenters. The van der Waals surface area contributed by atoms with Crippen LogP contribution in [0.1, 0.15) is 38.1 Å². The van der Waals surface area contributed by atoms with E-state index in [0.717, 1.165) is 24.2 Å². The maximum atomic E-state index is 6.02. The van der Waals surface area contributed by atoms with Crippen molar-refractivity contribution in [3.8, 4) is 17.1 Å². The molecule has 1 aromatic carbocycles. The van der Waals surface area contributed by atoms with E-state index in [2.05, 4.69) is 25.7 Å². The molecule has 1 aliphatic rings. The molecule has 4 rings (SSSR count). The van der Waals surface area contributed by atoms with E-state index < -0.39 is 0 Å². The molecule has 1 fully saturated rings. The van der Waals surface area contributed by atoms with Crippen LogP contribution in [-0.4, -0.2) is 36.5 Å². The van der Waals surface area contributed by atoms with Crippen molar-refractivity contribution in [2.45, 2.75) is 38.3 Å². The molecule has 2 heterocycles. The molecule has 0 radical (unpaired) electrons. The summed E-state index contributed by atoms with van der Waals surface area (Å²) in [6, 6.07) is 7.52. The highest BCUT2D eigenvalue weighted by molar-refractivity contribution is 5.63. The Kier molecular flexibility index (Phi) is 3.49. The number of ether oxygens (including phenoxy) is 1. The molecular weight excluding hydrogens is 296 g/mol. The fourth-order valence-electron chi connectivity index (χ4n) is 2.40. The van der Waals surface area contributed by atoms with Gasteiger partial charge in [-0.1, -0.05) is 17.3 Å². The van der Waals surface area contributed by atoms with Gasteiger partial charge >= 0.3 is 0 Å². The molecule has 0 bridgehead atoms. The Labute approximate surface area is 132 Å². The van der Waals surface area contributed by atoms with Gasteiger partial charge in [0.25, 0.3) is 5.89 Å². The predicted molar refractivity (Wildman–Crippen MR) is 79.6 cm³/mol. The Morgan fingerprint density at radius 2 is 2.17 bits per heavy atom. The van der Waals surface area contributed by atoms with E-state index in [1.807, 2.05) is 31.2 Å². The quantitative estimate of drug-likeness (QED) is 0.713. The van der Waals surface area contributed by atoms with Crippen LogP contribution >= 0.6 is 0 Å². The smallest absolute Gasteiger partial charge is 0.251 e. The summed E-state index contributed by atoms with van der Waals surface area (Å²) in [6.45, 7) is 1.89. The Bertz CT molecular complexity index is 781. The number of aromatic nitrogens is 6. The zero-order valence-corrected chi connectivity index (χ0v) is 12.7. The average molecular weight is 312 g/mol. The summed E-state index contributed by atoms with van der Waals surface area (Å²) in [5.41, 5.74) is 0.832. The van der Waals surface area contributed by atoms with Crippen molar-refractivity contribution >= 4 is 0 Å². The van der Waals surface area contributed by atoms with E-state index in [9.17, 15) is 0 Å². The lowest BCUT2D eigenvalue weighted by Crippen LogP contribution is -2.24. The third-order valence-electron chi connectivity index (χ3n) is 4.03. The van der Waals surface area contributed by atoms with Crippen LogP contribution in [0.2, 0.25) is 0 Å². The van der Waals surface area contributed by atoms with Gasteiger partial charge in [0.05, 0.1) is 11.7 Å². The number of benzene rings is 1. The summed E-state index contributed by atoms with van der Waals surface area (Å²) in [7, 11) is 0. The highest BCUT2D eigenvalue weighted by Gasteiger charge is 2.23. The molecule has 1 aliphatic carbocycles. The zero-order chi connectivity index (χ0) is 15.6. The predicted octanol–water partition coefficient (Wildman–Crippen LogP) is 2.26. The third kappa shape index (κ3) is 2.67. The van der Waals surface area contributed by atoms with Crippen molar-refractivity contribution in [3.63, 3.8) is 0 Å². The van der Waals surface area contributed by atoms with E-state index in [4.69, 9.17) is 9.26 Å². The molecule has 23 heavy (non-hydrogen) atoms. The maximum Gasteiger partial charge on any atom is 0.251 e. The zero-order valence-electron chi connectivity index (χ0n) is 12.7. The van der Waals surface area contributed by atoms with Crippen molar-refractivity contribution in [2.24, 2.45) is 0 Å². The molecule has 0 amide bonds. The van der Waals surface area contributed by atoms with Gasteiger partial charge in [0, 0.05) is 0 Å². The van der Waals surface area contributed by atoms with Crippen molar-refractivity contribution in [2.75, 3.05) is 0 Å². The summed E-state index contributed by atoms with van der Waals surface area (Å²) in [5, 5.41) is 15.2. The lowest BCUT2D eigenvalue weighted by atomic mass is 9.96. The van der Waals surface area contributed by atoms with Crippen LogP contribution in [-0.2, 0) is 0 Å². The van der Waals surface area contributed by atoms with Gasteiger partial charge in [0.2, 0.25) is 5.82 Å². The van der Waals surface area contributed by atoms with Crippen molar-refractivity contribution in [1.82, 2.24) is 30.3 Å². The second kappa shape index (κ2) is 5.79. The standard InChI is InChI=1S/C15H16N6O2/c1-10(21-9-16-19-20-21)15-17-14(18-23-15)12-7-2-3-8-13(12)22-11-5-4-6-11/h2-3,7-11H,4-6H2,1H3/t10-/m0/s1. The molecule has 0 spiro atoms. The molecule has 0 saturated heterocycles. The minimum atomic E-state index is -0.231. The first-order valence-electron chi connectivity index (χ1n) is 7.63. The van der Waals surface area contributed by atoms with Crippen molar-refractivity contribution in [1.29, 1.82) is 0 Å². The van der Waals surface area contributed by atoms with E-state index in [1.165, 1.54) is 12.7 Å². The fourth-order valence-corrected chi connectivity index (χ4v) is 2.40. The molecule has 3 aromatic rings. The number of nitrogens with zero attached hydrogens (tertiary/aromatic N) is 6. The van der Waals surface area contributed by atoms with Gasteiger partial charge in [-0.25, -0.2) is 4.68 Å². The Balaban J connectivity index is 1.61. The Hall–Kier alpha value is -2.77. The number of hydrogen-bond donors (Lipinski definition) is 0. The van der Waals surface area contributed by atoms with E-state index in [0.29, 0.717) is 17.8 Å². The summed E-state index contributed by atoms with van der Waals surface area (Å²) < 4.78 is 13.0. The average Bonchev–Trinajstić information content (AvgIpc) is 3.22. The fraction of sp³-hybridized carbons (Fsp3) is 0.400. The first-order valence-corrected chi connectivity index (χ1v) is 7.63. The molecule has 0 aliphatic heterocycles. The van der Waals surface area contributed by atoms with Crippen LogP contribution in [0.3, 0.4) is 0 Å². The first kappa shape index (κ1) is 13.9. The van der Waals surface area contributed by atoms with Crippen LogP contribution in [0, 0.1) is 0 Å². The number of tetrazole rings is 1. The van der Waals surface area contributed by atoms with E-state index in [1.54, 1.807) is 4.68 Å². The summed E-state index contributed by atoms with van der Waals surface area (Å²) in [5.74, 6) is 1.75. The summed E-state index contributed by atoms with van der Waals surface area (Å²) >= 11 is 0. The van der Waals surface area contributed by atoms with Gasteiger partial charge in [-0.05, 0) is 48.7 Å². The molecule has 1 saturated carbocycles. The lowest BCUT2D eigenvalue weighted by molar-refractivity contribution is 0.121. The first-order chi connectivity index (χ1) is 11.3. The number of para-hydroxylation sites is 1. The number of rotatable bonds is 5. The lowest BCUT2D eigenvalue weighted by Gasteiger charge is -2.27. The largest absolute Gasteiger partial charge is 0.490 e. The van der Waals surface area contributed by atoms with E-state index >= 15 is 0 Å². The van der Waals surface area contributed by atoms with Gasteiger partial charge in [-0.2, -0.15) is 4.98 Å². The van der Waals surface area contributed by atoms with Gasteiger partial charge in [0.1, 0.15) is 18.1 Å². The Morgan fingerprint density at radius 1 is 1.30 bits per heavy atom. The van der Waals surface area contributed by atoms with Crippen LogP contribution in [0.4, 0.5) is 0 Å². The molecular formula is C15H16N6O2. The highest BCUT2D eigenvalue weighted by atomic mass is 16.5. The SMILES string of the molecule is C[C@@H](c1nc(-c2ccccc2OC2CCC2)no1)n1cnnn1. The summed E-state index contributed by atoms with van der Waals surface area (Å²) in [6.07, 6.45) is 5.23. The van der Waals surface area contributed by atoms with Crippen LogP contribution in [0.5, 0.6) is 5.75 Å². The third-order valence-corrected chi connectivity index (χ3v) is 4.03. The van der Waals surface area contributed by atoms with Crippen LogP contribution in [0.25, 0.3) is 11.4 Å². The van der Waals surface area contributed by atoms with Crippen molar-refractivity contribution < 1.29 is 9.26 Å². The van der Waals surface area contributed by atoms with Crippen LogP contribution < -0.4 is 4.74 Å².